The summed E-state index contributed by atoms with van der Waals surface area (Å²) in [6, 6.07) is 4.95. The maximum absolute atomic E-state index is 12.4. The fraction of sp³-hybridized carbons (Fsp3) is 0.231. The van der Waals surface area contributed by atoms with Crippen molar-refractivity contribution in [3.05, 3.63) is 47.0 Å². The minimum absolute atomic E-state index is 0.0840. The fourth-order valence-electron chi connectivity index (χ4n) is 2.22. The molecule has 0 saturated heterocycles. The van der Waals surface area contributed by atoms with Gasteiger partial charge in [-0.3, -0.25) is 4.79 Å². The molecule has 2 N–H and O–H groups in total. The summed E-state index contributed by atoms with van der Waals surface area (Å²) in [5, 5.41) is 0.388. The summed E-state index contributed by atoms with van der Waals surface area (Å²) < 4.78 is 2.05. The van der Waals surface area contributed by atoms with E-state index in [9.17, 15) is 4.79 Å². The number of hydrogen-bond donors (Lipinski definition) is 1. The van der Waals surface area contributed by atoms with Crippen molar-refractivity contribution in [3.8, 4) is 0 Å². The van der Waals surface area contributed by atoms with Crippen molar-refractivity contribution in [2.45, 2.75) is 13.1 Å². The van der Waals surface area contributed by atoms with Crippen LogP contribution in [0.3, 0.4) is 0 Å². The summed E-state index contributed by atoms with van der Waals surface area (Å²) in [5.74, 6) is 0.811. The highest BCUT2D eigenvalue weighted by Gasteiger charge is 2.23. The number of hydrogen-bond acceptors (Lipinski definition) is 3. The van der Waals surface area contributed by atoms with Gasteiger partial charge in [0, 0.05) is 31.2 Å². The van der Waals surface area contributed by atoms with Gasteiger partial charge in [-0.05, 0) is 18.2 Å². The molecule has 1 aromatic heterocycles. The lowest BCUT2D eigenvalue weighted by molar-refractivity contribution is 0.0708. The topological polar surface area (TPSA) is 64.2 Å². The molecular formula is C13H13ClN4O. The number of nitrogen functional groups attached to an aromatic ring is 1. The molecule has 6 heteroatoms. The third-order valence-electron chi connectivity index (χ3n) is 3.26. The molecule has 1 aliphatic heterocycles. The third-order valence-corrected chi connectivity index (χ3v) is 3.57. The molecule has 0 aliphatic carbocycles. The number of amides is 1. The zero-order chi connectivity index (χ0) is 13.4. The number of nitrogens with zero attached hydrogens (tertiary/aromatic N) is 3. The lowest BCUT2D eigenvalue weighted by Gasteiger charge is -2.28. The van der Waals surface area contributed by atoms with Gasteiger partial charge in [-0.25, -0.2) is 4.98 Å². The molecule has 2 aromatic rings. The quantitative estimate of drug-likeness (QED) is 0.808. The van der Waals surface area contributed by atoms with Gasteiger partial charge in [-0.1, -0.05) is 11.6 Å². The normalized spacial score (nSPS) is 14.3. The number of imidazole rings is 1. The monoisotopic (exact) mass is 276 g/mol. The van der Waals surface area contributed by atoms with Gasteiger partial charge < -0.3 is 15.2 Å². The highest BCUT2D eigenvalue weighted by molar-refractivity contribution is 6.34. The van der Waals surface area contributed by atoms with Gasteiger partial charge in [-0.2, -0.15) is 0 Å². The smallest absolute Gasteiger partial charge is 0.255 e. The minimum atomic E-state index is -0.0840. The maximum atomic E-state index is 12.4. The lowest BCUT2D eigenvalue weighted by Crippen LogP contribution is -2.38. The second kappa shape index (κ2) is 4.59. The number of fused-ring (bicyclic) bond motifs is 1. The predicted molar refractivity (Wildman–Crippen MR) is 72.8 cm³/mol. The van der Waals surface area contributed by atoms with E-state index in [0.29, 0.717) is 29.4 Å². The number of carbonyl (C=O) groups excluding carboxylic acids is 1. The first-order valence-corrected chi connectivity index (χ1v) is 6.37. The predicted octanol–water partition coefficient (Wildman–Crippen LogP) is 1.77. The molecule has 0 bridgehead atoms. The molecule has 0 spiro atoms. The molecule has 0 unspecified atom stereocenters. The van der Waals surface area contributed by atoms with Crippen LogP contribution in [0, 0.1) is 0 Å². The first-order valence-electron chi connectivity index (χ1n) is 5.99. The van der Waals surface area contributed by atoms with Gasteiger partial charge in [0.1, 0.15) is 5.82 Å². The van der Waals surface area contributed by atoms with E-state index in [0.717, 1.165) is 12.4 Å². The highest BCUT2D eigenvalue weighted by Crippen LogP contribution is 2.22. The number of benzene rings is 1. The van der Waals surface area contributed by atoms with Crippen molar-refractivity contribution < 1.29 is 4.79 Å². The number of aromatic nitrogens is 2. The molecule has 3 rings (SSSR count). The Morgan fingerprint density at radius 1 is 1.37 bits per heavy atom. The van der Waals surface area contributed by atoms with Crippen molar-refractivity contribution in [1.82, 2.24) is 14.5 Å². The molecule has 19 heavy (non-hydrogen) atoms. The lowest BCUT2D eigenvalue weighted by atomic mass is 10.1. The van der Waals surface area contributed by atoms with Crippen molar-refractivity contribution >= 4 is 23.2 Å². The Balaban J connectivity index is 1.85. The van der Waals surface area contributed by atoms with Gasteiger partial charge in [0.2, 0.25) is 0 Å². The van der Waals surface area contributed by atoms with Crippen LogP contribution >= 0.6 is 11.6 Å². The first kappa shape index (κ1) is 12.0. The average molecular weight is 277 g/mol. The second-order valence-corrected chi connectivity index (χ2v) is 4.91. The molecule has 2 heterocycles. The Labute approximate surface area is 115 Å². The van der Waals surface area contributed by atoms with Crippen LogP contribution in [0.2, 0.25) is 5.02 Å². The van der Waals surface area contributed by atoms with E-state index in [-0.39, 0.29) is 5.91 Å². The zero-order valence-electron chi connectivity index (χ0n) is 10.2. The Morgan fingerprint density at radius 3 is 3.00 bits per heavy atom. The molecule has 0 fully saturated rings. The van der Waals surface area contributed by atoms with Gasteiger partial charge in [0.15, 0.2) is 0 Å². The van der Waals surface area contributed by atoms with Crippen molar-refractivity contribution in [2.75, 3.05) is 12.3 Å². The van der Waals surface area contributed by atoms with Crippen LogP contribution in [0.1, 0.15) is 16.2 Å². The summed E-state index contributed by atoms with van der Waals surface area (Å²) in [6.07, 6.45) is 3.67. The Bertz CT molecular complexity index is 637. The minimum Gasteiger partial charge on any atom is -0.399 e. The number of anilines is 1. The molecule has 0 radical (unpaired) electrons. The highest BCUT2D eigenvalue weighted by atomic mass is 35.5. The maximum Gasteiger partial charge on any atom is 0.255 e. The number of halogens is 1. The summed E-state index contributed by atoms with van der Waals surface area (Å²) >= 11 is 6.07. The zero-order valence-corrected chi connectivity index (χ0v) is 11.0. The second-order valence-electron chi connectivity index (χ2n) is 4.50. The molecule has 0 atom stereocenters. The Kier molecular flexibility index (Phi) is 2.91. The molecule has 1 aliphatic rings. The van der Waals surface area contributed by atoms with E-state index in [4.69, 9.17) is 17.3 Å². The van der Waals surface area contributed by atoms with Crippen molar-refractivity contribution in [3.63, 3.8) is 0 Å². The Morgan fingerprint density at radius 2 is 2.21 bits per heavy atom. The number of nitrogens with two attached hydrogens (primary N) is 1. The molecule has 5 nitrogen and oxygen atoms in total. The van der Waals surface area contributed by atoms with Crippen molar-refractivity contribution in [1.29, 1.82) is 0 Å². The number of carbonyl (C=O) groups is 1. The van der Waals surface area contributed by atoms with E-state index in [1.54, 1.807) is 29.3 Å². The molecule has 1 aromatic carbocycles. The SMILES string of the molecule is Nc1ccc(C(=O)N2CCn3ccnc3C2)c(Cl)c1. The van der Waals surface area contributed by atoms with Gasteiger partial charge >= 0.3 is 0 Å². The largest absolute Gasteiger partial charge is 0.399 e. The van der Waals surface area contributed by atoms with E-state index in [1.807, 2.05) is 10.8 Å². The first-order chi connectivity index (χ1) is 9.15. The summed E-state index contributed by atoms with van der Waals surface area (Å²) in [6.45, 7) is 1.92. The fourth-order valence-corrected chi connectivity index (χ4v) is 2.49. The van der Waals surface area contributed by atoms with E-state index >= 15 is 0 Å². The van der Waals surface area contributed by atoms with E-state index < -0.39 is 0 Å². The van der Waals surface area contributed by atoms with Gasteiger partial charge in [-0.15, -0.1) is 0 Å². The van der Waals surface area contributed by atoms with Crippen LogP contribution in [0.4, 0.5) is 5.69 Å². The number of rotatable bonds is 1. The van der Waals surface area contributed by atoms with Crippen LogP contribution in [-0.4, -0.2) is 26.9 Å². The van der Waals surface area contributed by atoms with Gasteiger partial charge in [0.05, 0.1) is 17.1 Å². The molecule has 98 valence electrons. The summed E-state index contributed by atoms with van der Waals surface area (Å²) in [4.78, 5) is 18.4. The standard InChI is InChI=1S/C13H13ClN4O/c14-11-7-9(15)1-2-10(11)13(19)18-6-5-17-4-3-16-12(17)8-18/h1-4,7H,5-6,8,15H2. The van der Waals surface area contributed by atoms with Crippen LogP contribution in [0.25, 0.3) is 0 Å². The van der Waals surface area contributed by atoms with Crippen LogP contribution < -0.4 is 5.73 Å². The molecule has 0 saturated carbocycles. The van der Waals surface area contributed by atoms with Crippen LogP contribution in [0.5, 0.6) is 0 Å². The summed E-state index contributed by atoms with van der Waals surface area (Å²) in [5.41, 5.74) is 6.67. The van der Waals surface area contributed by atoms with Gasteiger partial charge in [0.25, 0.3) is 5.91 Å². The van der Waals surface area contributed by atoms with Crippen LogP contribution in [-0.2, 0) is 13.1 Å². The Hall–Kier alpha value is -2.01. The van der Waals surface area contributed by atoms with Crippen molar-refractivity contribution in [2.24, 2.45) is 0 Å². The average Bonchev–Trinajstić information content (AvgIpc) is 2.85. The summed E-state index contributed by atoms with van der Waals surface area (Å²) in [7, 11) is 0. The molecule has 1 amide bonds. The third kappa shape index (κ3) is 2.17. The van der Waals surface area contributed by atoms with E-state index in [1.165, 1.54) is 0 Å². The molecular weight excluding hydrogens is 264 g/mol. The van der Waals surface area contributed by atoms with E-state index in [2.05, 4.69) is 4.98 Å². The van der Waals surface area contributed by atoms with Crippen LogP contribution in [0.15, 0.2) is 30.6 Å².